The minimum absolute atomic E-state index is 0.119. The number of anilines is 2. The van der Waals surface area contributed by atoms with Gasteiger partial charge in [0, 0.05) is 29.8 Å². The fraction of sp³-hybridized carbons (Fsp3) is 0.417. The summed E-state index contributed by atoms with van der Waals surface area (Å²) in [5.41, 5.74) is 2.33. The Hall–Kier alpha value is -1.36. The van der Waals surface area contributed by atoms with Gasteiger partial charge in [0.05, 0.1) is 17.8 Å². The van der Waals surface area contributed by atoms with Crippen LogP contribution in [0.4, 0.5) is 11.4 Å². The van der Waals surface area contributed by atoms with Crippen molar-refractivity contribution in [1.29, 1.82) is 0 Å². The van der Waals surface area contributed by atoms with Crippen LogP contribution in [-0.2, 0) is 4.79 Å². The van der Waals surface area contributed by atoms with Crippen LogP contribution in [0, 0.1) is 0 Å². The van der Waals surface area contributed by atoms with Crippen molar-refractivity contribution in [3.05, 3.63) is 18.2 Å². The summed E-state index contributed by atoms with van der Waals surface area (Å²) in [6, 6.07) is 6.35. The van der Waals surface area contributed by atoms with Crippen molar-refractivity contribution in [3.63, 3.8) is 0 Å². The molecule has 4 nitrogen and oxygen atoms in total. The lowest BCUT2D eigenvalue weighted by molar-refractivity contribution is -0.137. The van der Waals surface area contributed by atoms with E-state index in [1.807, 2.05) is 0 Å². The average molecular weight is 250 g/mol. The molecule has 0 aliphatic carbocycles. The topological polar surface area (TPSA) is 52.6 Å². The highest BCUT2D eigenvalue weighted by Crippen LogP contribution is 2.44. The highest BCUT2D eigenvalue weighted by atomic mass is 32.2. The van der Waals surface area contributed by atoms with E-state index in [1.165, 1.54) is 10.6 Å². The van der Waals surface area contributed by atoms with Crippen molar-refractivity contribution in [2.75, 3.05) is 29.1 Å². The van der Waals surface area contributed by atoms with E-state index in [1.54, 1.807) is 11.8 Å². The second kappa shape index (κ2) is 4.14. The number of thioether (sulfide) groups is 1. The molecule has 3 rings (SSSR count). The van der Waals surface area contributed by atoms with Gasteiger partial charge in [-0.05, 0) is 12.1 Å². The lowest BCUT2D eigenvalue weighted by atomic mass is 10.1. The molecule has 2 N–H and O–H groups in total. The van der Waals surface area contributed by atoms with Crippen molar-refractivity contribution in [3.8, 4) is 0 Å². The van der Waals surface area contributed by atoms with Gasteiger partial charge in [-0.25, -0.2) is 0 Å². The van der Waals surface area contributed by atoms with Crippen LogP contribution in [0.5, 0.6) is 0 Å². The van der Waals surface area contributed by atoms with Gasteiger partial charge < -0.3 is 15.3 Å². The Kier molecular flexibility index (Phi) is 2.63. The minimum Gasteiger partial charge on any atom is -0.481 e. The van der Waals surface area contributed by atoms with E-state index in [4.69, 9.17) is 5.11 Å². The minimum atomic E-state index is -0.713. The molecule has 2 aliphatic heterocycles. The molecule has 1 atom stereocenters. The van der Waals surface area contributed by atoms with Crippen LogP contribution < -0.4 is 10.2 Å². The first-order chi connectivity index (χ1) is 8.25. The van der Waals surface area contributed by atoms with Crippen LogP contribution >= 0.6 is 11.8 Å². The summed E-state index contributed by atoms with van der Waals surface area (Å²) in [5, 5.41) is 12.3. The van der Waals surface area contributed by atoms with Gasteiger partial charge in [0.15, 0.2) is 0 Å². The predicted octanol–water partition coefficient (Wildman–Crippen LogP) is 1.87. The molecule has 0 aromatic heterocycles. The molecule has 2 aliphatic rings. The standard InChI is InChI=1S/C12H14N2O2S/c15-11(16)6-8-7-17-10-3-1-2-9-12(10)14(8)5-4-13-9/h1-3,8,13H,4-7H2,(H,15,16). The number of carbonyl (C=O) groups is 1. The number of rotatable bonds is 2. The van der Waals surface area contributed by atoms with Gasteiger partial charge in [-0.3, -0.25) is 4.79 Å². The van der Waals surface area contributed by atoms with E-state index < -0.39 is 5.97 Å². The Morgan fingerprint density at radius 3 is 3.29 bits per heavy atom. The molecule has 0 fully saturated rings. The smallest absolute Gasteiger partial charge is 0.305 e. The largest absolute Gasteiger partial charge is 0.481 e. The molecule has 1 aromatic rings. The van der Waals surface area contributed by atoms with Crippen molar-refractivity contribution < 1.29 is 9.90 Å². The fourth-order valence-corrected chi connectivity index (χ4v) is 3.72. The van der Waals surface area contributed by atoms with Crippen LogP contribution in [0.2, 0.25) is 0 Å². The Morgan fingerprint density at radius 1 is 1.59 bits per heavy atom. The summed E-state index contributed by atoms with van der Waals surface area (Å²) >= 11 is 1.76. The van der Waals surface area contributed by atoms with E-state index in [2.05, 4.69) is 28.4 Å². The summed E-state index contributed by atoms with van der Waals surface area (Å²) in [7, 11) is 0. The van der Waals surface area contributed by atoms with E-state index in [0.29, 0.717) is 0 Å². The van der Waals surface area contributed by atoms with Crippen LogP contribution in [-0.4, -0.2) is 36.0 Å². The van der Waals surface area contributed by atoms with Crippen LogP contribution in [0.15, 0.2) is 23.1 Å². The number of hydrogen-bond donors (Lipinski definition) is 2. The van der Waals surface area contributed by atoms with Crippen molar-refractivity contribution >= 4 is 29.1 Å². The average Bonchev–Trinajstić information content (AvgIpc) is 2.33. The number of carboxylic acid groups (broad SMARTS) is 1. The molecular formula is C12H14N2O2S. The zero-order chi connectivity index (χ0) is 11.8. The lowest BCUT2D eigenvalue weighted by Crippen LogP contribution is -2.46. The summed E-state index contributed by atoms with van der Waals surface area (Å²) < 4.78 is 0. The number of hydrogen-bond acceptors (Lipinski definition) is 4. The van der Waals surface area contributed by atoms with Crippen LogP contribution in [0.25, 0.3) is 0 Å². The molecule has 5 heteroatoms. The summed E-state index contributed by atoms with van der Waals surface area (Å²) in [6.45, 7) is 1.78. The number of nitrogens with zero attached hydrogens (tertiary/aromatic N) is 1. The monoisotopic (exact) mass is 250 g/mol. The Balaban J connectivity index is 1.98. The van der Waals surface area contributed by atoms with Gasteiger partial charge in [-0.1, -0.05) is 6.07 Å². The first-order valence-electron chi connectivity index (χ1n) is 5.74. The molecule has 0 radical (unpaired) electrons. The Bertz CT molecular complexity index is 450. The first-order valence-corrected chi connectivity index (χ1v) is 6.72. The van der Waals surface area contributed by atoms with Crippen LogP contribution in [0.1, 0.15) is 6.42 Å². The quantitative estimate of drug-likeness (QED) is 0.839. The van der Waals surface area contributed by atoms with E-state index >= 15 is 0 Å². The molecule has 17 heavy (non-hydrogen) atoms. The molecule has 0 bridgehead atoms. The van der Waals surface area contributed by atoms with Gasteiger partial charge in [0.25, 0.3) is 0 Å². The third kappa shape index (κ3) is 1.84. The lowest BCUT2D eigenvalue weighted by Gasteiger charge is -2.42. The maximum Gasteiger partial charge on any atom is 0.305 e. The van der Waals surface area contributed by atoms with Crippen molar-refractivity contribution in [2.45, 2.75) is 17.4 Å². The zero-order valence-corrected chi connectivity index (χ0v) is 10.2. The number of benzene rings is 1. The third-order valence-electron chi connectivity index (χ3n) is 3.24. The van der Waals surface area contributed by atoms with E-state index in [9.17, 15) is 4.79 Å². The molecule has 2 heterocycles. The molecule has 1 unspecified atom stereocenters. The number of aliphatic carboxylic acids is 1. The Labute approximate surface area is 104 Å². The molecule has 90 valence electrons. The Morgan fingerprint density at radius 2 is 2.47 bits per heavy atom. The zero-order valence-electron chi connectivity index (χ0n) is 9.35. The summed E-state index contributed by atoms with van der Waals surface area (Å²) in [4.78, 5) is 14.4. The second-order valence-corrected chi connectivity index (χ2v) is 5.40. The summed E-state index contributed by atoms with van der Waals surface area (Å²) in [5.74, 6) is 0.151. The van der Waals surface area contributed by atoms with Crippen molar-refractivity contribution in [1.82, 2.24) is 0 Å². The van der Waals surface area contributed by atoms with Gasteiger partial charge in [-0.2, -0.15) is 0 Å². The number of carboxylic acids is 1. The van der Waals surface area contributed by atoms with E-state index in [0.717, 1.165) is 24.5 Å². The van der Waals surface area contributed by atoms with Gasteiger partial charge in [0.2, 0.25) is 0 Å². The molecular weight excluding hydrogens is 236 g/mol. The maximum atomic E-state index is 10.9. The van der Waals surface area contributed by atoms with Gasteiger partial charge in [0.1, 0.15) is 0 Å². The molecule has 0 spiro atoms. The molecule has 0 saturated heterocycles. The number of para-hydroxylation sites is 1. The van der Waals surface area contributed by atoms with E-state index in [-0.39, 0.29) is 12.5 Å². The first kappa shape index (κ1) is 10.8. The third-order valence-corrected chi connectivity index (χ3v) is 4.43. The van der Waals surface area contributed by atoms with Gasteiger partial charge >= 0.3 is 5.97 Å². The van der Waals surface area contributed by atoms with Gasteiger partial charge in [-0.15, -0.1) is 11.8 Å². The molecule has 1 aromatic carbocycles. The second-order valence-electron chi connectivity index (χ2n) is 4.34. The predicted molar refractivity (Wildman–Crippen MR) is 69.0 cm³/mol. The highest BCUT2D eigenvalue weighted by molar-refractivity contribution is 7.99. The summed E-state index contributed by atoms with van der Waals surface area (Å²) in [6.07, 6.45) is 0.223. The highest BCUT2D eigenvalue weighted by Gasteiger charge is 2.31. The van der Waals surface area contributed by atoms with Crippen LogP contribution in [0.3, 0.4) is 0 Å². The normalized spacial score (nSPS) is 21.6. The number of nitrogens with one attached hydrogen (secondary N) is 1. The van der Waals surface area contributed by atoms with Crippen molar-refractivity contribution in [2.24, 2.45) is 0 Å². The SMILES string of the molecule is O=C(O)CC1CSc2cccc3c2N1CCN3. The molecule has 0 amide bonds. The maximum absolute atomic E-state index is 10.9. The fourth-order valence-electron chi connectivity index (χ4n) is 2.51. The molecule has 0 saturated carbocycles.